The van der Waals surface area contributed by atoms with E-state index >= 15 is 0 Å². The highest BCUT2D eigenvalue weighted by atomic mass is 16.7. The Balaban J connectivity index is 1.08. The average Bonchev–Trinajstić information content (AvgIpc) is 3.25. The van der Waals surface area contributed by atoms with Gasteiger partial charge in [0.05, 0.1) is 42.0 Å². The van der Waals surface area contributed by atoms with Gasteiger partial charge in [-0.25, -0.2) is 0 Å². The highest BCUT2D eigenvalue weighted by molar-refractivity contribution is 5.92. The van der Waals surface area contributed by atoms with Crippen molar-refractivity contribution in [1.29, 1.82) is 0 Å². The van der Waals surface area contributed by atoms with Gasteiger partial charge in [-0.15, -0.1) is 0 Å². The average molecular weight is 864 g/mol. The molecule has 0 radical (unpaired) electrons. The van der Waals surface area contributed by atoms with Crippen LogP contribution in [0.2, 0.25) is 0 Å². The van der Waals surface area contributed by atoms with E-state index in [9.17, 15) is 44.3 Å². The number of benzene rings is 3. The van der Waals surface area contributed by atoms with Crippen molar-refractivity contribution in [2.24, 2.45) is 5.73 Å². The molecule has 20 nitrogen and oxygen atoms in total. The van der Waals surface area contributed by atoms with Crippen LogP contribution >= 0.6 is 0 Å². The fourth-order valence-electron chi connectivity index (χ4n) is 7.13. The van der Waals surface area contributed by atoms with E-state index < -0.39 is 96.0 Å². The Hall–Kier alpha value is -6.03. The number of nitrogens with one attached hydrogen (secondary N) is 5. The largest absolute Gasteiger partial charge is 0.466 e. The third kappa shape index (κ3) is 12.3. The lowest BCUT2D eigenvalue weighted by Gasteiger charge is -2.44. The van der Waals surface area contributed by atoms with Crippen LogP contribution in [0.4, 0.5) is 17.1 Å². The standard InChI is InChI=1S/C42H53N7O13/c1-23(45-41(56)24(2)61-38-36(46-25(3)51)42(62-32(21-50)37(38)53)60-22-26-11-5-4-6-12-26)40(55)48-30(39(43)54)17-18-33(52)59-20-10-19-44-35-27-13-7-8-14-28(27)47-29-15-9-16-31(34(29)35)49(57)58/h4-9,11-16,23-24,30,32,35-38,42,44,47,50,53H,10,17-22H2,1-3H3,(H2,43,54)(H,45,56)(H,46,51)(H,48,55)/t23-,24-,30-,32-,35-,36+,37+,38-,42-/m1/s1. The third-order valence-electron chi connectivity index (χ3n) is 10.3. The number of carbonyl (C=O) groups excluding carboxylic acids is 5. The van der Waals surface area contributed by atoms with E-state index in [1.54, 1.807) is 12.1 Å². The number of aliphatic hydroxyl groups is 2. The van der Waals surface area contributed by atoms with Crippen LogP contribution in [0.1, 0.15) is 62.8 Å². The third-order valence-corrected chi connectivity index (χ3v) is 10.3. The number of nitrogens with two attached hydrogens (primary N) is 1. The van der Waals surface area contributed by atoms with Gasteiger partial charge in [-0.1, -0.05) is 54.6 Å². The first-order valence-electron chi connectivity index (χ1n) is 20.1. The van der Waals surface area contributed by atoms with Gasteiger partial charge in [0.2, 0.25) is 23.6 Å². The molecule has 2 aliphatic heterocycles. The molecular formula is C42H53N7O13. The smallest absolute Gasteiger partial charge is 0.305 e. The molecule has 0 aliphatic carbocycles. The number of hydrogen-bond donors (Lipinski definition) is 8. The number of para-hydroxylation sites is 1. The maximum Gasteiger partial charge on any atom is 0.305 e. The molecule has 334 valence electrons. The summed E-state index contributed by atoms with van der Waals surface area (Å²) in [5.74, 6) is -3.69. The topological polar surface area (TPSA) is 292 Å². The number of rotatable bonds is 21. The van der Waals surface area contributed by atoms with Gasteiger partial charge >= 0.3 is 5.97 Å². The Bertz CT molecular complexity index is 2060. The Morgan fingerprint density at radius 3 is 2.37 bits per heavy atom. The summed E-state index contributed by atoms with van der Waals surface area (Å²) in [5, 5.41) is 47.0. The second kappa shape index (κ2) is 22.2. The molecule has 5 rings (SSSR count). The number of nitro benzene ring substituents is 1. The minimum absolute atomic E-state index is 0.00238. The lowest BCUT2D eigenvalue weighted by atomic mass is 9.90. The van der Waals surface area contributed by atoms with Gasteiger partial charge in [0.25, 0.3) is 5.69 Å². The van der Waals surface area contributed by atoms with Crippen LogP contribution in [0.15, 0.2) is 72.8 Å². The van der Waals surface area contributed by atoms with E-state index in [1.807, 2.05) is 54.6 Å². The summed E-state index contributed by atoms with van der Waals surface area (Å²) < 4.78 is 23.0. The van der Waals surface area contributed by atoms with Crippen LogP contribution < -0.4 is 32.3 Å². The van der Waals surface area contributed by atoms with E-state index in [-0.39, 0.29) is 31.7 Å². The van der Waals surface area contributed by atoms with Gasteiger partial charge < -0.3 is 61.5 Å². The molecule has 0 unspecified atom stereocenters. The van der Waals surface area contributed by atoms with E-state index in [0.717, 1.165) is 16.8 Å². The quantitative estimate of drug-likeness (QED) is 0.0322. The van der Waals surface area contributed by atoms with Gasteiger partial charge in [0, 0.05) is 25.1 Å². The molecule has 1 fully saturated rings. The van der Waals surface area contributed by atoms with E-state index in [1.165, 1.54) is 26.8 Å². The minimum atomic E-state index is -1.51. The molecule has 3 aromatic carbocycles. The zero-order chi connectivity index (χ0) is 44.9. The van der Waals surface area contributed by atoms with E-state index in [4.69, 9.17) is 24.7 Å². The van der Waals surface area contributed by atoms with Gasteiger partial charge in [-0.2, -0.15) is 0 Å². The van der Waals surface area contributed by atoms with Crippen molar-refractivity contribution >= 4 is 46.7 Å². The summed E-state index contributed by atoms with van der Waals surface area (Å²) >= 11 is 0. The number of fused-ring (bicyclic) bond motifs is 2. The molecule has 20 heteroatoms. The van der Waals surface area contributed by atoms with Crippen molar-refractivity contribution < 1.29 is 58.1 Å². The number of carbonyl (C=O) groups is 5. The molecule has 62 heavy (non-hydrogen) atoms. The maximum atomic E-state index is 13.2. The monoisotopic (exact) mass is 863 g/mol. The fraction of sp³-hybridized carbons (Fsp3) is 0.452. The molecule has 4 amide bonds. The molecule has 0 aromatic heterocycles. The number of nitro groups is 1. The molecule has 0 spiro atoms. The minimum Gasteiger partial charge on any atom is -0.466 e. The first kappa shape index (κ1) is 47.0. The molecule has 9 N–H and O–H groups in total. The summed E-state index contributed by atoms with van der Waals surface area (Å²) in [6.07, 6.45) is -6.65. The van der Waals surface area contributed by atoms with E-state index in [2.05, 4.69) is 26.6 Å². The fourth-order valence-corrected chi connectivity index (χ4v) is 7.13. The van der Waals surface area contributed by atoms with Crippen LogP contribution in [-0.4, -0.2) is 113 Å². The Morgan fingerprint density at radius 1 is 0.968 bits per heavy atom. The first-order valence-corrected chi connectivity index (χ1v) is 20.1. The van der Waals surface area contributed by atoms with Crippen molar-refractivity contribution in [2.45, 2.75) is 102 Å². The Labute approximate surface area is 357 Å². The normalized spacial score (nSPS) is 21.7. The van der Waals surface area contributed by atoms with Gasteiger partial charge in [-0.05, 0) is 56.5 Å². The van der Waals surface area contributed by atoms with Crippen molar-refractivity contribution in [2.75, 3.05) is 25.1 Å². The molecule has 9 atom stereocenters. The summed E-state index contributed by atoms with van der Waals surface area (Å²) in [4.78, 5) is 74.8. The van der Waals surface area contributed by atoms with Crippen LogP contribution in [0, 0.1) is 10.1 Å². The van der Waals surface area contributed by atoms with Crippen LogP contribution in [0.25, 0.3) is 0 Å². The zero-order valence-electron chi connectivity index (χ0n) is 34.5. The van der Waals surface area contributed by atoms with Crippen molar-refractivity contribution in [3.05, 3.63) is 99.6 Å². The molecule has 2 heterocycles. The summed E-state index contributed by atoms with van der Waals surface area (Å²) in [6.45, 7) is 3.69. The second-order valence-electron chi connectivity index (χ2n) is 14.9. The maximum absolute atomic E-state index is 13.2. The summed E-state index contributed by atoms with van der Waals surface area (Å²) in [6, 6.07) is 17.2. The summed E-state index contributed by atoms with van der Waals surface area (Å²) in [5.41, 5.74) is 9.00. The first-order chi connectivity index (χ1) is 29.7. The number of esters is 1. The van der Waals surface area contributed by atoms with Crippen molar-refractivity contribution in [3.8, 4) is 0 Å². The molecule has 2 aliphatic rings. The predicted octanol–water partition coefficient (Wildman–Crippen LogP) is 1.09. The van der Waals surface area contributed by atoms with Gasteiger partial charge in [0.15, 0.2) is 6.29 Å². The summed E-state index contributed by atoms with van der Waals surface area (Å²) in [7, 11) is 0. The molecular weight excluding hydrogens is 810 g/mol. The molecule has 0 saturated carbocycles. The number of amides is 4. The van der Waals surface area contributed by atoms with Gasteiger partial charge in [0.1, 0.15) is 42.5 Å². The number of hydrogen-bond acceptors (Lipinski definition) is 15. The Morgan fingerprint density at radius 2 is 1.68 bits per heavy atom. The van der Waals surface area contributed by atoms with Crippen LogP contribution in [0.5, 0.6) is 0 Å². The molecule has 3 aromatic rings. The number of nitrogens with zero attached hydrogens (tertiary/aromatic N) is 1. The van der Waals surface area contributed by atoms with Crippen molar-refractivity contribution in [1.82, 2.24) is 21.3 Å². The SMILES string of the molecule is CC(=O)N[C@@H]1[C@H](OCc2ccccc2)O[C@H](CO)[C@H](O)[C@@H]1O[C@H](C)C(=O)N[C@H](C)C(=O)N[C@H](CCC(=O)OCCCN[C@@H]1c2ccccc2Nc2cccc([N+](=O)[O-])c21)C(N)=O. The van der Waals surface area contributed by atoms with Crippen molar-refractivity contribution in [3.63, 3.8) is 0 Å². The zero-order valence-corrected chi connectivity index (χ0v) is 34.5. The van der Waals surface area contributed by atoms with Crippen LogP contribution in [-0.2, 0) is 49.5 Å². The lowest BCUT2D eigenvalue weighted by molar-refractivity contribution is -0.385. The highest BCUT2D eigenvalue weighted by Gasteiger charge is 2.48. The Kier molecular flexibility index (Phi) is 16.8. The van der Waals surface area contributed by atoms with E-state index in [0.29, 0.717) is 24.2 Å². The number of ether oxygens (including phenoxy) is 4. The number of aliphatic hydroxyl groups excluding tert-OH is 2. The van der Waals surface area contributed by atoms with Crippen LogP contribution in [0.3, 0.4) is 0 Å². The number of anilines is 2. The number of primary amides is 1. The molecule has 1 saturated heterocycles. The van der Waals surface area contributed by atoms with Gasteiger partial charge in [-0.3, -0.25) is 34.1 Å². The highest BCUT2D eigenvalue weighted by Crippen LogP contribution is 2.43. The molecule has 0 bridgehead atoms. The lowest BCUT2D eigenvalue weighted by Crippen LogP contribution is -2.66. The second-order valence-corrected chi connectivity index (χ2v) is 14.9. The predicted molar refractivity (Wildman–Crippen MR) is 221 cm³/mol.